The van der Waals surface area contributed by atoms with E-state index in [1.54, 1.807) is 0 Å². The van der Waals surface area contributed by atoms with Crippen LogP contribution >= 0.6 is 0 Å². The first-order valence-electron chi connectivity index (χ1n) is 6.49. The summed E-state index contributed by atoms with van der Waals surface area (Å²) in [5.41, 5.74) is -0.129. The number of esters is 1. The minimum absolute atomic E-state index is 0.102. The van der Waals surface area contributed by atoms with Crippen molar-refractivity contribution in [2.75, 3.05) is 32.9 Å². The van der Waals surface area contributed by atoms with Crippen LogP contribution in [0.1, 0.15) is 34.1 Å². The monoisotopic (exact) mass is 243 g/mol. The number of hydrogen-bond acceptors (Lipinski definition) is 4. The number of carbonyl (C=O) groups is 1. The predicted octanol–water partition coefficient (Wildman–Crippen LogP) is 1.69. The van der Waals surface area contributed by atoms with Crippen molar-refractivity contribution in [3.8, 4) is 0 Å². The Labute approximate surface area is 104 Å². The zero-order chi connectivity index (χ0) is 12.9. The van der Waals surface area contributed by atoms with E-state index in [2.05, 4.69) is 25.7 Å². The van der Waals surface area contributed by atoms with Crippen molar-refractivity contribution in [2.45, 2.75) is 39.7 Å². The number of morpholine rings is 1. The molecule has 0 aliphatic carbocycles. The van der Waals surface area contributed by atoms with E-state index in [-0.39, 0.29) is 11.5 Å². The van der Waals surface area contributed by atoms with Gasteiger partial charge in [-0.2, -0.15) is 0 Å². The van der Waals surface area contributed by atoms with E-state index in [4.69, 9.17) is 9.47 Å². The summed E-state index contributed by atoms with van der Waals surface area (Å²) in [7, 11) is 0. The summed E-state index contributed by atoms with van der Waals surface area (Å²) in [5.74, 6) is 0.306. The molecule has 0 saturated carbocycles. The lowest BCUT2D eigenvalue weighted by atomic mass is 9.83. The van der Waals surface area contributed by atoms with Gasteiger partial charge in [0, 0.05) is 18.6 Å². The molecule has 1 saturated heterocycles. The molecule has 1 unspecified atom stereocenters. The summed E-state index contributed by atoms with van der Waals surface area (Å²) in [4.78, 5) is 14.1. The van der Waals surface area contributed by atoms with Gasteiger partial charge in [0.05, 0.1) is 26.2 Å². The van der Waals surface area contributed by atoms with E-state index in [0.717, 1.165) is 26.3 Å². The van der Waals surface area contributed by atoms with E-state index in [9.17, 15) is 4.79 Å². The Hall–Kier alpha value is -0.610. The molecule has 0 amide bonds. The molecule has 4 nitrogen and oxygen atoms in total. The molecule has 4 heteroatoms. The molecule has 1 aliphatic rings. The fraction of sp³-hybridized carbons (Fsp3) is 0.923. The highest BCUT2D eigenvalue weighted by atomic mass is 16.5. The molecule has 1 fully saturated rings. The highest BCUT2D eigenvalue weighted by Gasteiger charge is 2.38. The number of rotatable bonds is 5. The van der Waals surface area contributed by atoms with Crippen molar-refractivity contribution in [3.05, 3.63) is 0 Å². The third-order valence-corrected chi connectivity index (χ3v) is 3.78. The smallest absolute Gasteiger partial charge is 0.307 e. The SMILES string of the molecule is CCOC(=O)CC(C)(C(C)C)N1CCOCC1. The molecule has 0 N–H and O–H groups in total. The van der Waals surface area contributed by atoms with Gasteiger partial charge in [0.15, 0.2) is 0 Å². The van der Waals surface area contributed by atoms with Gasteiger partial charge in [0.1, 0.15) is 0 Å². The molecule has 0 aromatic rings. The molecule has 1 aliphatic heterocycles. The fourth-order valence-corrected chi connectivity index (χ4v) is 2.26. The molecule has 1 rings (SSSR count). The molecule has 17 heavy (non-hydrogen) atoms. The Kier molecular flexibility index (Phi) is 5.40. The number of carbonyl (C=O) groups excluding carboxylic acids is 1. The number of ether oxygens (including phenoxy) is 2. The lowest BCUT2D eigenvalue weighted by Gasteiger charge is -2.45. The minimum Gasteiger partial charge on any atom is -0.466 e. The molecule has 0 aromatic carbocycles. The molecule has 1 atom stereocenters. The summed E-state index contributed by atoms with van der Waals surface area (Å²) in [5, 5.41) is 0. The maximum atomic E-state index is 11.7. The van der Waals surface area contributed by atoms with Crippen molar-refractivity contribution in [3.63, 3.8) is 0 Å². The molecule has 0 aromatic heterocycles. The maximum Gasteiger partial charge on any atom is 0.307 e. The lowest BCUT2D eigenvalue weighted by molar-refractivity contribution is -0.148. The predicted molar refractivity (Wildman–Crippen MR) is 66.9 cm³/mol. The third kappa shape index (κ3) is 3.68. The average Bonchev–Trinajstić information content (AvgIpc) is 2.30. The summed E-state index contributed by atoms with van der Waals surface area (Å²) in [6, 6.07) is 0. The normalized spacial score (nSPS) is 21.2. The summed E-state index contributed by atoms with van der Waals surface area (Å²) < 4.78 is 10.5. The van der Waals surface area contributed by atoms with Gasteiger partial charge in [0.25, 0.3) is 0 Å². The average molecular weight is 243 g/mol. The highest BCUT2D eigenvalue weighted by Crippen LogP contribution is 2.29. The van der Waals surface area contributed by atoms with Gasteiger partial charge in [-0.15, -0.1) is 0 Å². The van der Waals surface area contributed by atoms with Crippen LogP contribution in [0.5, 0.6) is 0 Å². The molecular weight excluding hydrogens is 218 g/mol. The van der Waals surface area contributed by atoms with Gasteiger partial charge in [-0.25, -0.2) is 0 Å². The second-order valence-corrected chi connectivity index (χ2v) is 5.09. The van der Waals surface area contributed by atoms with Gasteiger partial charge < -0.3 is 9.47 Å². The number of hydrogen-bond donors (Lipinski definition) is 0. The van der Waals surface area contributed by atoms with E-state index >= 15 is 0 Å². The Bertz CT molecular complexity index is 249. The van der Waals surface area contributed by atoms with Crippen LogP contribution in [-0.4, -0.2) is 49.3 Å². The molecule has 0 radical (unpaired) electrons. The van der Waals surface area contributed by atoms with E-state index in [0.29, 0.717) is 18.9 Å². The van der Waals surface area contributed by atoms with E-state index in [1.165, 1.54) is 0 Å². The molecule has 1 heterocycles. The first-order valence-corrected chi connectivity index (χ1v) is 6.49. The van der Waals surface area contributed by atoms with Crippen molar-refractivity contribution in [2.24, 2.45) is 5.92 Å². The molecule has 100 valence electrons. The summed E-state index contributed by atoms with van der Waals surface area (Å²) >= 11 is 0. The van der Waals surface area contributed by atoms with Crippen LogP contribution in [0.15, 0.2) is 0 Å². The third-order valence-electron chi connectivity index (χ3n) is 3.78. The van der Waals surface area contributed by atoms with Gasteiger partial charge in [0.2, 0.25) is 0 Å². The van der Waals surface area contributed by atoms with Crippen LogP contribution in [-0.2, 0) is 14.3 Å². The zero-order valence-electron chi connectivity index (χ0n) is 11.5. The minimum atomic E-state index is -0.129. The summed E-state index contributed by atoms with van der Waals surface area (Å²) in [6.45, 7) is 12.1. The van der Waals surface area contributed by atoms with Gasteiger partial charge >= 0.3 is 5.97 Å². The van der Waals surface area contributed by atoms with Crippen molar-refractivity contribution in [1.82, 2.24) is 4.90 Å². The maximum absolute atomic E-state index is 11.7. The standard InChI is InChI=1S/C13H25NO3/c1-5-17-12(15)10-13(4,11(2)3)14-6-8-16-9-7-14/h11H,5-10H2,1-4H3. The molecule has 0 bridgehead atoms. The Morgan fingerprint density at radius 3 is 2.47 bits per heavy atom. The van der Waals surface area contributed by atoms with Crippen molar-refractivity contribution < 1.29 is 14.3 Å². The highest BCUT2D eigenvalue weighted by molar-refractivity contribution is 5.70. The first-order chi connectivity index (χ1) is 8.00. The second-order valence-electron chi connectivity index (χ2n) is 5.09. The van der Waals surface area contributed by atoms with Crippen LogP contribution in [0.4, 0.5) is 0 Å². The van der Waals surface area contributed by atoms with Gasteiger partial charge in [-0.1, -0.05) is 13.8 Å². The van der Waals surface area contributed by atoms with Crippen molar-refractivity contribution in [1.29, 1.82) is 0 Å². The molecule has 0 spiro atoms. The fourth-order valence-electron chi connectivity index (χ4n) is 2.26. The zero-order valence-corrected chi connectivity index (χ0v) is 11.5. The Morgan fingerprint density at radius 2 is 2.00 bits per heavy atom. The lowest BCUT2D eigenvalue weighted by Crippen LogP contribution is -2.55. The van der Waals surface area contributed by atoms with Gasteiger partial charge in [-0.05, 0) is 19.8 Å². The van der Waals surface area contributed by atoms with Gasteiger partial charge in [-0.3, -0.25) is 9.69 Å². The van der Waals surface area contributed by atoms with Crippen LogP contribution in [0.2, 0.25) is 0 Å². The van der Waals surface area contributed by atoms with E-state index in [1.807, 2.05) is 6.92 Å². The van der Waals surface area contributed by atoms with Crippen LogP contribution in [0.25, 0.3) is 0 Å². The first kappa shape index (κ1) is 14.5. The van der Waals surface area contributed by atoms with E-state index < -0.39 is 0 Å². The summed E-state index contributed by atoms with van der Waals surface area (Å²) in [6.07, 6.45) is 0.457. The Morgan fingerprint density at radius 1 is 1.41 bits per heavy atom. The second kappa shape index (κ2) is 6.36. The molecular formula is C13H25NO3. The topological polar surface area (TPSA) is 38.8 Å². The quantitative estimate of drug-likeness (QED) is 0.689. The van der Waals surface area contributed by atoms with Crippen LogP contribution < -0.4 is 0 Å². The number of nitrogens with zero attached hydrogens (tertiary/aromatic N) is 1. The largest absolute Gasteiger partial charge is 0.466 e. The van der Waals surface area contributed by atoms with Crippen LogP contribution in [0.3, 0.4) is 0 Å². The van der Waals surface area contributed by atoms with Crippen molar-refractivity contribution >= 4 is 5.97 Å². The van der Waals surface area contributed by atoms with Crippen LogP contribution in [0, 0.1) is 5.92 Å². The Balaban J connectivity index is 2.69.